The summed E-state index contributed by atoms with van der Waals surface area (Å²) in [6.45, 7) is 0. The Morgan fingerprint density at radius 1 is 0.545 bits per heavy atom. The van der Waals surface area contributed by atoms with Gasteiger partial charge < -0.3 is 9.36 Å². The molecule has 0 bridgehead atoms. The normalized spacial score (nSPS) is 13.7. The molecule has 0 saturated heterocycles. The summed E-state index contributed by atoms with van der Waals surface area (Å²) in [4.78, 5) is 9.58. The Morgan fingerprint density at radius 2 is 0.955 bits per heavy atom. The quantitative estimate of drug-likeness (QED) is 0.145. The molecular weight excluding hydrogens is 765 g/mol. The van der Waals surface area contributed by atoms with E-state index in [4.69, 9.17) is 9.97 Å². The molecule has 0 N–H and O–H groups in total. The maximum atomic E-state index is 13.3. The molecule has 44 heavy (non-hydrogen) atoms. The van der Waals surface area contributed by atoms with Gasteiger partial charge in [-0.2, -0.15) is 26.3 Å². The van der Waals surface area contributed by atoms with Gasteiger partial charge in [0.25, 0.3) is 0 Å². The second-order valence-corrected chi connectivity index (χ2v) is 9.74. The average Bonchev–Trinajstić information content (AvgIpc) is 3.75. The Bertz CT molecular complexity index is 1850. The molecule has 1 aliphatic carbocycles. The first-order valence-corrected chi connectivity index (χ1v) is 12.8. The van der Waals surface area contributed by atoms with Crippen LogP contribution in [0.5, 0.6) is 0 Å². The van der Waals surface area contributed by atoms with Gasteiger partial charge in [-0.15, -0.1) is 12.1 Å². The van der Waals surface area contributed by atoms with Crippen molar-refractivity contribution in [3.8, 4) is 22.8 Å². The van der Waals surface area contributed by atoms with Gasteiger partial charge in [-0.25, -0.2) is 0 Å². The maximum Gasteiger partial charge on any atom is 2.00 e. The van der Waals surface area contributed by atoms with Crippen LogP contribution in [0.3, 0.4) is 0 Å². The predicted octanol–water partition coefficient (Wildman–Crippen LogP) is 6.85. The molecule has 0 unspecified atom stereocenters. The van der Waals surface area contributed by atoms with Crippen molar-refractivity contribution >= 4 is 0 Å². The minimum Gasteiger partial charge on any atom is -0.343 e. The Hall–Kier alpha value is -4.57. The summed E-state index contributed by atoms with van der Waals surface area (Å²) in [5.41, 5.74) is 0.704. The van der Waals surface area contributed by atoms with Crippen molar-refractivity contribution in [2.24, 2.45) is 0 Å². The molecule has 222 valence electrons. The van der Waals surface area contributed by atoms with Crippen molar-refractivity contribution in [1.82, 2.24) is 29.5 Å². The molecule has 2 aromatic carbocycles. The molecule has 0 atom stereocenters. The van der Waals surface area contributed by atoms with Crippen LogP contribution >= 0.6 is 0 Å². The first-order chi connectivity index (χ1) is 20.6. The summed E-state index contributed by atoms with van der Waals surface area (Å²) in [5, 5.41) is 7.26. The summed E-state index contributed by atoms with van der Waals surface area (Å²) in [5.74, 6) is 0.168. The zero-order valence-corrected chi connectivity index (χ0v) is 24.3. The molecular formula is C31H16F6N6Pt. The smallest absolute Gasteiger partial charge is 0.343 e. The van der Waals surface area contributed by atoms with E-state index in [1.807, 2.05) is 48.5 Å². The van der Waals surface area contributed by atoms with E-state index in [2.05, 4.69) is 22.6 Å². The van der Waals surface area contributed by atoms with Crippen LogP contribution in [-0.2, 0) is 38.8 Å². The number of hydrogen-bond donors (Lipinski definition) is 0. The van der Waals surface area contributed by atoms with Crippen LogP contribution in [0, 0.1) is 12.4 Å². The van der Waals surface area contributed by atoms with E-state index in [-0.39, 0.29) is 32.7 Å². The van der Waals surface area contributed by atoms with E-state index in [1.54, 1.807) is 24.3 Å². The van der Waals surface area contributed by atoms with Gasteiger partial charge in [-0.3, -0.25) is 20.2 Å². The van der Waals surface area contributed by atoms with E-state index in [1.165, 1.54) is 12.1 Å². The van der Waals surface area contributed by atoms with Crippen LogP contribution in [-0.4, -0.2) is 29.5 Å². The molecule has 6 aromatic rings. The third-order valence-corrected chi connectivity index (χ3v) is 7.27. The standard InChI is InChI=1S/C31H16F6N6.Pt/c32-30(33,34)25-15-17-42(40-25)27-13-5-11-23(38-27)29(21-9-3-1-7-19(21)20-8-2-4-10-22(20)29)24-12-6-14-28(39-24)43-18-16-26(41-43)31(35,36)37;/h1-16H;/q-2;+2. The first kappa shape index (κ1) is 29.5. The van der Waals surface area contributed by atoms with Crippen molar-refractivity contribution in [3.05, 3.63) is 143 Å². The van der Waals surface area contributed by atoms with Crippen LogP contribution in [0.15, 0.2) is 97.1 Å². The molecule has 4 aromatic heterocycles. The third kappa shape index (κ3) is 4.64. The van der Waals surface area contributed by atoms with E-state index < -0.39 is 29.2 Å². The van der Waals surface area contributed by atoms with Crippen LogP contribution in [0.1, 0.15) is 33.9 Å². The number of fused-ring (bicyclic) bond motifs is 3. The zero-order valence-electron chi connectivity index (χ0n) is 22.0. The minimum atomic E-state index is -4.66. The summed E-state index contributed by atoms with van der Waals surface area (Å²) >= 11 is 0. The molecule has 0 radical (unpaired) electrons. The molecule has 0 spiro atoms. The Kier molecular flexibility index (Phi) is 7.07. The van der Waals surface area contributed by atoms with Gasteiger partial charge in [0.15, 0.2) is 0 Å². The Labute approximate surface area is 260 Å². The van der Waals surface area contributed by atoms with E-state index >= 15 is 0 Å². The second-order valence-electron chi connectivity index (χ2n) is 9.74. The summed E-state index contributed by atoms with van der Waals surface area (Å²) < 4.78 is 81.7. The largest absolute Gasteiger partial charge is 2.00 e. The van der Waals surface area contributed by atoms with Crippen molar-refractivity contribution < 1.29 is 47.4 Å². The topological polar surface area (TPSA) is 61.4 Å². The van der Waals surface area contributed by atoms with Crippen molar-refractivity contribution in [2.45, 2.75) is 17.8 Å². The third-order valence-electron chi connectivity index (χ3n) is 7.27. The Morgan fingerprint density at radius 3 is 1.34 bits per heavy atom. The predicted molar refractivity (Wildman–Crippen MR) is 141 cm³/mol. The van der Waals surface area contributed by atoms with E-state index in [0.717, 1.165) is 43.8 Å². The molecule has 7 rings (SSSR count). The fourth-order valence-electron chi connectivity index (χ4n) is 5.51. The van der Waals surface area contributed by atoms with Gasteiger partial charge in [0, 0.05) is 11.4 Å². The van der Waals surface area contributed by atoms with Crippen molar-refractivity contribution in [2.75, 3.05) is 0 Å². The molecule has 0 amide bonds. The number of nitrogens with zero attached hydrogens (tertiary/aromatic N) is 6. The number of rotatable bonds is 4. The molecule has 13 heteroatoms. The summed E-state index contributed by atoms with van der Waals surface area (Å²) in [6.07, 6.45) is -4.36. The SMILES string of the molecule is FC(F)(F)c1c[c-]n(-c2cccc(C3(c4cccc(-n5[c-]cc(C(F)(F)F)n5)n4)c4ccccc4-c4ccccc43)n2)n1.[Pt+2]. The van der Waals surface area contributed by atoms with E-state index in [0.29, 0.717) is 11.4 Å². The molecule has 0 fully saturated rings. The number of halogens is 6. The van der Waals surface area contributed by atoms with Crippen LogP contribution in [0.25, 0.3) is 22.8 Å². The monoisotopic (exact) mass is 781 g/mol. The number of benzene rings is 2. The summed E-state index contributed by atoms with van der Waals surface area (Å²) in [7, 11) is 0. The minimum absolute atomic E-state index is 0. The number of hydrogen-bond acceptors (Lipinski definition) is 4. The Balaban J connectivity index is 0.00000343. The van der Waals surface area contributed by atoms with Gasteiger partial charge in [0.05, 0.1) is 23.0 Å². The van der Waals surface area contributed by atoms with Gasteiger partial charge in [0.1, 0.15) is 5.41 Å². The molecule has 1 aliphatic rings. The van der Waals surface area contributed by atoms with E-state index in [9.17, 15) is 26.3 Å². The van der Waals surface area contributed by atoms with Crippen LogP contribution in [0.2, 0.25) is 0 Å². The number of aromatic nitrogens is 6. The fraction of sp³-hybridized carbons (Fsp3) is 0.0968. The average molecular weight is 782 g/mol. The van der Waals surface area contributed by atoms with Crippen LogP contribution < -0.4 is 0 Å². The summed E-state index contributed by atoms with van der Waals surface area (Å²) in [6, 6.07) is 26.4. The number of pyridine rings is 2. The van der Waals surface area contributed by atoms with Crippen molar-refractivity contribution in [3.63, 3.8) is 0 Å². The zero-order chi connectivity index (χ0) is 30.0. The van der Waals surface area contributed by atoms with Crippen LogP contribution in [0.4, 0.5) is 26.3 Å². The van der Waals surface area contributed by atoms with Crippen molar-refractivity contribution in [1.29, 1.82) is 0 Å². The molecule has 0 saturated carbocycles. The first-order valence-electron chi connectivity index (χ1n) is 12.8. The van der Waals surface area contributed by atoms with Gasteiger partial charge in [0.2, 0.25) is 0 Å². The fourth-order valence-corrected chi connectivity index (χ4v) is 5.51. The maximum absolute atomic E-state index is 13.3. The van der Waals surface area contributed by atoms with Gasteiger partial charge in [-0.1, -0.05) is 85.2 Å². The molecule has 4 heterocycles. The molecule has 6 nitrogen and oxygen atoms in total. The van der Waals surface area contributed by atoms with Gasteiger partial charge >= 0.3 is 33.4 Å². The number of alkyl halides is 6. The van der Waals surface area contributed by atoms with Gasteiger partial charge in [-0.05, 0) is 34.4 Å². The second kappa shape index (κ2) is 10.6. The molecule has 0 aliphatic heterocycles.